The number of para-hydroxylation sites is 1. The SMILES string of the molecule is Cc1cccc(C(=O)N(C)CC(=O)N(C)C)c1O. The summed E-state index contributed by atoms with van der Waals surface area (Å²) in [7, 11) is 4.79. The number of hydrogen-bond donors (Lipinski definition) is 1. The van der Waals surface area contributed by atoms with Gasteiger partial charge in [0.15, 0.2) is 0 Å². The number of phenols is 1. The molecule has 0 fully saturated rings. The Hall–Kier alpha value is -2.04. The Morgan fingerprint density at radius 2 is 1.83 bits per heavy atom. The summed E-state index contributed by atoms with van der Waals surface area (Å²) in [6.45, 7) is 1.70. The van der Waals surface area contributed by atoms with E-state index in [0.29, 0.717) is 5.56 Å². The van der Waals surface area contributed by atoms with Gasteiger partial charge in [-0.25, -0.2) is 0 Å². The second kappa shape index (κ2) is 5.53. The summed E-state index contributed by atoms with van der Waals surface area (Å²) in [4.78, 5) is 26.3. The lowest BCUT2D eigenvalue weighted by Gasteiger charge is -2.20. The molecule has 0 aliphatic carbocycles. The van der Waals surface area contributed by atoms with Crippen molar-refractivity contribution >= 4 is 11.8 Å². The predicted octanol–water partition coefficient (Wildman–Crippen LogP) is 0.861. The predicted molar refractivity (Wildman–Crippen MR) is 68.5 cm³/mol. The number of aromatic hydroxyl groups is 1. The van der Waals surface area contributed by atoms with Crippen molar-refractivity contribution in [2.45, 2.75) is 6.92 Å². The lowest BCUT2D eigenvalue weighted by Crippen LogP contribution is -2.37. The summed E-state index contributed by atoms with van der Waals surface area (Å²) in [5.41, 5.74) is 0.845. The van der Waals surface area contributed by atoms with Gasteiger partial charge >= 0.3 is 0 Å². The van der Waals surface area contributed by atoms with Crippen molar-refractivity contribution in [3.05, 3.63) is 29.3 Å². The summed E-state index contributed by atoms with van der Waals surface area (Å²) in [6, 6.07) is 4.96. The minimum Gasteiger partial charge on any atom is -0.507 e. The van der Waals surface area contributed by atoms with Gasteiger partial charge in [0.2, 0.25) is 5.91 Å². The van der Waals surface area contributed by atoms with E-state index < -0.39 is 0 Å². The fourth-order valence-corrected chi connectivity index (χ4v) is 1.45. The molecule has 18 heavy (non-hydrogen) atoms. The first-order valence-corrected chi connectivity index (χ1v) is 5.58. The Balaban J connectivity index is 2.87. The lowest BCUT2D eigenvalue weighted by molar-refractivity contribution is -0.129. The molecule has 0 saturated heterocycles. The van der Waals surface area contributed by atoms with Gasteiger partial charge in [0.25, 0.3) is 5.91 Å². The van der Waals surface area contributed by atoms with E-state index >= 15 is 0 Å². The standard InChI is InChI=1S/C13H18N2O3/c1-9-6-5-7-10(12(9)17)13(18)15(4)8-11(16)14(2)3/h5-7,17H,8H2,1-4H3. The van der Waals surface area contributed by atoms with Crippen LogP contribution in [0.1, 0.15) is 15.9 Å². The molecule has 0 aliphatic rings. The number of carbonyl (C=O) groups is 2. The largest absolute Gasteiger partial charge is 0.507 e. The van der Waals surface area contributed by atoms with E-state index in [2.05, 4.69) is 0 Å². The molecule has 98 valence electrons. The lowest BCUT2D eigenvalue weighted by atomic mass is 10.1. The number of nitrogens with zero attached hydrogens (tertiary/aromatic N) is 2. The van der Waals surface area contributed by atoms with Gasteiger partial charge in [-0.05, 0) is 18.6 Å². The normalized spacial score (nSPS) is 10.0. The molecule has 0 aliphatic heterocycles. The van der Waals surface area contributed by atoms with Crippen molar-refractivity contribution < 1.29 is 14.7 Å². The molecule has 0 unspecified atom stereocenters. The molecular weight excluding hydrogens is 232 g/mol. The second-order valence-corrected chi connectivity index (χ2v) is 4.42. The van der Waals surface area contributed by atoms with Crippen LogP contribution in [-0.4, -0.2) is 54.4 Å². The first-order valence-electron chi connectivity index (χ1n) is 5.58. The molecule has 0 saturated carbocycles. The number of rotatable bonds is 3. The Labute approximate surface area is 107 Å². The summed E-state index contributed by atoms with van der Waals surface area (Å²) in [5, 5.41) is 9.82. The van der Waals surface area contributed by atoms with Crippen molar-refractivity contribution in [3.8, 4) is 5.75 Å². The third-order valence-electron chi connectivity index (χ3n) is 2.69. The maximum atomic E-state index is 12.1. The van der Waals surface area contributed by atoms with Crippen LogP contribution in [0.4, 0.5) is 0 Å². The topological polar surface area (TPSA) is 60.9 Å². The molecule has 1 N–H and O–H groups in total. The van der Waals surface area contributed by atoms with Crippen molar-refractivity contribution in [1.82, 2.24) is 9.80 Å². The van der Waals surface area contributed by atoms with Gasteiger partial charge in [-0.3, -0.25) is 9.59 Å². The molecule has 0 bridgehead atoms. The highest BCUT2D eigenvalue weighted by Crippen LogP contribution is 2.22. The van der Waals surface area contributed by atoms with Crippen LogP contribution in [0.15, 0.2) is 18.2 Å². The molecule has 0 atom stereocenters. The molecule has 2 amide bonds. The number of aryl methyl sites for hydroxylation is 1. The zero-order valence-corrected chi connectivity index (χ0v) is 11.1. The summed E-state index contributed by atoms with van der Waals surface area (Å²) in [5.74, 6) is -0.573. The fraction of sp³-hybridized carbons (Fsp3) is 0.385. The van der Waals surface area contributed by atoms with Gasteiger partial charge in [-0.2, -0.15) is 0 Å². The fourth-order valence-electron chi connectivity index (χ4n) is 1.45. The molecule has 0 aromatic heterocycles. The van der Waals surface area contributed by atoms with Crippen LogP contribution in [0, 0.1) is 6.92 Å². The maximum absolute atomic E-state index is 12.1. The molecule has 1 rings (SSSR count). The van der Waals surface area contributed by atoms with Crippen molar-refractivity contribution in [2.24, 2.45) is 0 Å². The maximum Gasteiger partial charge on any atom is 0.257 e. The Bertz CT molecular complexity index is 469. The van der Waals surface area contributed by atoms with Crippen LogP contribution < -0.4 is 0 Å². The van der Waals surface area contributed by atoms with Gasteiger partial charge in [0, 0.05) is 21.1 Å². The average molecular weight is 250 g/mol. The Morgan fingerprint density at radius 3 is 2.39 bits per heavy atom. The van der Waals surface area contributed by atoms with E-state index in [1.165, 1.54) is 16.8 Å². The first kappa shape index (κ1) is 14.0. The number of phenolic OH excluding ortho intramolecular Hbond substituents is 1. The summed E-state index contributed by atoms with van der Waals surface area (Å²) >= 11 is 0. The Kier molecular flexibility index (Phi) is 4.31. The number of benzene rings is 1. The highest BCUT2D eigenvalue weighted by molar-refractivity contribution is 5.98. The van der Waals surface area contributed by atoms with Crippen LogP contribution in [0.25, 0.3) is 0 Å². The molecule has 0 spiro atoms. The molecule has 1 aromatic rings. The minimum absolute atomic E-state index is 0.0147. The van der Waals surface area contributed by atoms with Crippen LogP contribution in [-0.2, 0) is 4.79 Å². The molecule has 5 heteroatoms. The van der Waals surface area contributed by atoms with E-state index in [4.69, 9.17) is 0 Å². The van der Waals surface area contributed by atoms with E-state index in [0.717, 1.165) is 0 Å². The zero-order chi connectivity index (χ0) is 13.9. The molecular formula is C13H18N2O3. The van der Waals surface area contributed by atoms with Gasteiger partial charge in [-0.15, -0.1) is 0 Å². The van der Waals surface area contributed by atoms with Gasteiger partial charge in [-0.1, -0.05) is 12.1 Å². The van der Waals surface area contributed by atoms with E-state index in [1.54, 1.807) is 39.2 Å². The number of carbonyl (C=O) groups excluding carboxylic acids is 2. The Morgan fingerprint density at radius 1 is 1.22 bits per heavy atom. The summed E-state index contributed by atoms with van der Waals surface area (Å²) < 4.78 is 0. The third kappa shape index (κ3) is 3.00. The zero-order valence-electron chi connectivity index (χ0n) is 11.1. The van der Waals surface area contributed by atoms with E-state index in [1.807, 2.05) is 0 Å². The van der Waals surface area contributed by atoms with Crippen LogP contribution in [0.2, 0.25) is 0 Å². The van der Waals surface area contributed by atoms with Gasteiger partial charge in [0.05, 0.1) is 12.1 Å². The van der Waals surface area contributed by atoms with E-state index in [9.17, 15) is 14.7 Å². The van der Waals surface area contributed by atoms with Crippen LogP contribution >= 0.6 is 0 Å². The molecule has 0 heterocycles. The van der Waals surface area contributed by atoms with Crippen molar-refractivity contribution in [2.75, 3.05) is 27.7 Å². The number of likely N-dealkylation sites (N-methyl/N-ethyl adjacent to an activating group) is 2. The first-order chi connectivity index (χ1) is 8.34. The van der Waals surface area contributed by atoms with Crippen molar-refractivity contribution in [1.29, 1.82) is 0 Å². The minimum atomic E-state index is -0.369. The third-order valence-corrected chi connectivity index (χ3v) is 2.69. The van der Waals surface area contributed by atoms with E-state index in [-0.39, 0.29) is 29.7 Å². The van der Waals surface area contributed by atoms with Gasteiger partial charge in [0.1, 0.15) is 5.75 Å². The monoisotopic (exact) mass is 250 g/mol. The molecule has 1 aromatic carbocycles. The van der Waals surface area contributed by atoms with Crippen LogP contribution in [0.3, 0.4) is 0 Å². The number of hydrogen-bond acceptors (Lipinski definition) is 3. The smallest absolute Gasteiger partial charge is 0.257 e. The van der Waals surface area contributed by atoms with Crippen LogP contribution in [0.5, 0.6) is 5.75 Å². The van der Waals surface area contributed by atoms with Gasteiger partial charge < -0.3 is 14.9 Å². The highest BCUT2D eigenvalue weighted by Gasteiger charge is 2.19. The highest BCUT2D eigenvalue weighted by atomic mass is 16.3. The molecule has 0 radical (unpaired) electrons. The number of amides is 2. The second-order valence-electron chi connectivity index (χ2n) is 4.42. The quantitative estimate of drug-likeness (QED) is 0.865. The molecule has 5 nitrogen and oxygen atoms in total. The summed E-state index contributed by atoms with van der Waals surface area (Å²) in [6.07, 6.45) is 0. The average Bonchev–Trinajstić information content (AvgIpc) is 2.31. The van der Waals surface area contributed by atoms with Crippen molar-refractivity contribution in [3.63, 3.8) is 0 Å².